The van der Waals surface area contributed by atoms with Gasteiger partial charge in [0.2, 0.25) is 0 Å². The van der Waals surface area contributed by atoms with Crippen LogP contribution in [0, 0.1) is 0 Å². The van der Waals surface area contributed by atoms with Crippen LogP contribution in [-0.2, 0) is 0 Å². The van der Waals surface area contributed by atoms with Gasteiger partial charge in [-0.25, -0.2) is 0 Å². The van der Waals surface area contributed by atoms with Crippen molar-refractivity contribution in [2.45, 2.75) is 0 Å². The molecule has 5 nitrogen and oxygen atoms in total. The smallest absolute Gasteiger partial charge is 0.0943 e. The zero-order valence-electron chi connectivity index (χ0n) is 7.10. The van der Waals surface area contributed by atoms with Crippen LogP contribution in [0.2, 0.25) is 0 Å². The molecule has 2 aromatic heterocycles. The Kier molecular flexibility index (Phi) is 1.98. The Morgan fingerprint density at radius 2 is 2.36 bits per heavy atom. The molecule has 2 rings (SSSR count). The van der Waals surface area contributed by atoms with E-state index in [-0.39, 0.29) is 5.69 Å². The average Bonchev–Trinajstić information content (AvgIpc) is 2.68. The van der Waals surface area contributed by atoms with Crippen molar-refractivity contribution in [3.63, 3.8) is 0 Å². The lowest BCUT2D eigenvalue weighted by atomic mass is 10.2. The van der Waals surface area contributed by atoms with E-state index in [0.29, 0.717) is 5.69 Å². The fourth-order valence-corrected chi connectivity index (χ4v) is 1.09. The van der Waals surface area contributed by atoms with Crippen LogP contribution in [0.3, 0.4) is 0 Å². The molecule has 70 valence electrons. The van der Waals surface area contributed by atoms with Gasteiger partial charge < -0.3 is 9.90 Å². The highest BCUT2D eigenvalue weighted by Crippen LogP contribution is 2.15. The van der Waals surface area contributed by atoms with E-state index in [1.807, 2.05) is 0 Å². The van der Waals surface area contributed by atoms with Crippen molar-refractivity contribution in [2.24, 2.45) is 0 Å². The Hall–Kier alpha value is -2.17. The monoisotopic (exact) mass is 188 g/mol. The Morgan fingerprint density at radius 1 is 1.50 bits per heavy atom. The number of carboxylic acids is 1. The number of pyridine rings is 1. The third kappa shape index (κ3) is 1.47. The summed E-state index contributed by atoms with van der Waals surface area (Å²) in [6, 6.07) is 4.96. The molecule has 2 heterocycles. The molecule has 14 heavy (non-hydrogen) atoms. The van der Waals surface area contributed by atoms with E-state index in [9.17, 15) is 9.90 Å². The number of H-pyrrole nitrogens is 1. The fourth-order valence-electron chi connectivity index (χ4n) is 1.09. The fraction of sp³-hybridized carbons (Fsp3) is 0. The SMILES string of the molecule is O=C([O-])c1cc(-c2cccnc2)n[nH]1. The summed E-state index contributed by atoms with van der Waals surface area (Å²) in [5.74, 6) is -1.27. The number of hydrogen-bond acceptors (Lipinski definition) is 4. The van der Waals surface area contributed by atoms with Crippen molar-refractivity contribution in [3.05, 3.63) is 36.3 Å². The number of nitrogens with one attached hydrogen (secondary N) is 1. The second-order valence-electron chi connectivity index (χ2n) is 2.70. The van der Waals surface area contributed by atoms with Gasteiger partial charge in [-0.1, -0.05) is 0 Å². The van der Waals surface area contributed by atoms with Crippen molar-refractivity contribution < 1.29 is 9.90 Å². The minimum atomic E-state index is -1.27. The predicted octanol–water partition coefficient (Wildman–Crippen LogP) is -0.165. The zero-order valence-corrected chi connectivity index (χ0v) is 7.10. The molecular weight excluding hydrogens is 182 g/mol. The summed E-state index contributed by atoms with van der Waals surface area (Å²) in [4.78, 5) is 14.3. The molecule has 0 aliphatic carbocycles. The van der Waals surface area contributed by atoms with Crippen LogP contribution >= 0.6 is 0 Å². The molecule has 0 aliphatic rings. The summed E-state index contributed by atoms with van der Waals surface area (Å²) in [7, 11) is 0. The van der Waals surface area contributed by atoms with E-state index in [2.05, 4.69) is 15.2 Å². The highest BCUT2D eigenvalue weighted by Gasteiger charge is 2.03. The first-order valence-corrected chi connectivity index (χ1v) is 3.94. The second kappa shape index (κ2) is 3.29. The number of aromatic amines is 1. The molecule has 0 aromatic carbocycles. The molecule has 0 radical (unpaired) electrons. The van der Waals surface area contributed by atoms with Crippen molar-refractivity contribution in [1.82, 2.24) is 15.2 Å². The quantitative estimate of drug-likeness (QED) is 0.709. The molecule has 5 heteroatoms. The molecular formula is C9H6N3O2-. The first kappa shape index (κ1) is 8.43. The highest BCUT2D eigenvalue weighted by atomic mass is 16.4. The van der Waals surface area contributed by atoms with E-state index >= 15 is 0 Å². The average molecular weight is 188 g/mol. The predicted molar refractivity (Wildman–Crippen MR) is 46.1 cm³/mol. The van der Waals surface area contributed by atoms with Crippen molar-refractivity contribution in [3.8, 4) is 11.3 Å². The van der Waals surface area contributed by atoms with Gasteiger partial charge >= 0.3 is 0 Å². The topological polar surface area (TPSA) is 81.7 Å². The maximum atomic E-state index is 10.4. The number of carbonyl (C=O) groups is 1. The number of carboxylic acid groups (broad SMARTS) is 1. The van der Waals surface area contributed by atoms with Crippen LogP contribution < -0.4 is 5.11 Å². The van der Waals surface area contributed by atoms with Crippen molar-refractivity contribution in [1.29, 1.82) is 0 Å². The minimum Gasteiger partial charge on any atom is -0.543 e. The molecule has 2 aromatic rings. The van der Waals surface area contributed by atoms with Crippen LogP contribution in [-0.4, -0.2) is 21.2 Å². The van der Waals surface area contributed by atoms with Gasteiger partial charge in [-0.05, 0) is 18.2 Å². The lowest BCUT2D eigenvalue weighted by Gasteiger charge is -1.93. The summed E-state index contributed by atoms with van der Waals surface area (Å²) < 4.78 is 0. The van der Waals surface area contributed by atoms with Crippen LogP contribution in [0.4, 0.5) is 0 Å². The third-order valence-corrected chi connectivity index (χ3v) is 1.76. The number of hydrogen-bond donors (Lipinski definition) is 1. The van der Waals surface area contributed by atoms with Crippen LogP contribution in [0.25, 0.3) is 11.3 Å². The lowest BCUT2D eigenvalue weighted by molar-refractivity contribution is -0.255. The molecule has 0 saturated heterocycles. The Bertz CT molecular complexity index is 450. The van der Waals surface area contributed by atoms with E-state index in [0.717, 1.165) is 5.56 Å². The minimum absolute atomic E-state index is 0.0381. The highest BCUT2D eigenvalue weighted by molar-refractivity contribution is 5.85. The van der Waals surface area contributed by atoms with Crippen LogP contribution in [0.1, 0.15) is 10.5 Å². The van der Waals surface area contributed by atoms with E-state index in [1.54, 1.807) is 24.5 Å². The Morgan fingerprint density at radius 3 is 2.93 bits per heavy atom. The molecule has 0 unspecified atom stereocenters. The number of rotatable bonds is 2. The Balaban J connectivity index is 2.39. The van der Waals surface area contributed by atoms with Gasteiger partial charge in [0.1, 0.15) is 0 Å². The van der Waals surface area contributed by atoms with E-state index < -0.39 is 5.97 Å². The molecule has 1 N–H and O–H groups in total. The first-order valence-electron chi connectivity index (χ1n) is 3.94. The van der Waals surface area contributed by atoms with Gasteiger partial charge in [0.15, 0.2) is 0 Å². The van der Waals surface area contributed by atoms with E-state index in [4.69, 9.17) is 0 Å². The largest absolute Gasteiger partial charge is 0.543 e. The van der Waals surface area contributed by atoms with Gasteiger partial charge in [0.25, 0.3) is 0 Å². The van der Waals surface area contributed by atoms with Gasteiger partial charge in [0.05, 0.1) is 17.4 Å². The number of aromatic carboxylic acids is 1. The molecule has 0 saturated carbocycles. The molecule has 0 spiro atoms. The maximum Gasteiger partial charge on any atom is 0.0943 e. The number of aromatic nitrogens is 3. The van der Waals surface area contributed by atoms with E-state index in [1.165, 1.54) is 6.07 Å². The summed E-state index contributed by atoms with van der Waals surface area (Å²) >= 11 is 0. The van der Waals surface area contributed by atoms with Crippen molar-refractivity contribution >= 4 is 5.97 Å². The third-order valence-electron chi connectivity index (χ3n) is 1.76. The van der Waals surface area contributed by atoms with Crippen LogP contribution in [0.5, 0.6) is 0 Å². The first-order chi connectivity index (χ1) is 6.77. The normalized spacial score (nSPS) is 10.0. The number of carbonyl (C=O) groups excluding carboxylic acids is 1. The summed E-state index contributed by atoms with van der Waals surface area (Å²) in [6.45, 7) is 0. The molecule has 0 amide bonds. The van der Waals surface area contributed by atoms with Gasteiger partial charge in [0, 0.05) is 18.0 Å². The lowest BCUT2D eigenvalue weighted by Crippen LogP contribution is -2.22. The molecule has 0 bridgehead atoms. The standard InChI is InChI=1S/C9H7N3O2/c13-9(14)8-4-7(11-12-8)6-2-1-3-10-5-6/h1-5H,(H,11,12)(H,13,14)/p-1. The van der Waals surface area contributed by atoms with Gasteiger partial charge in [-0.2, -0.15) is 5.10 Å². The maximum absolute atomic E-state index is 10.4. The molecule has 0 aliphatic heterocycles. The molecule has 0 atom stereocenters. The van der Waals surface area contributed by atoms with Gasteiger partial charge in [-0.3, -0.25) is 10.1 Å². The Labute approximate surface area is 79.4 Å². The summed E-state index contributed by atoms with van der Waals surface area (Å²) in [5.41, 5.74) is 1.26. The van der Waals surface area contributed by atoms with Crippen molar-refractivity contribution in [2.75, 3.05) is 0 Å². The van der Waals surface area contributed by atoms with Crippen LogP contribution in [0.15, 0.2) is 30.6 Å². The van der Waals surface area contributed by atoms with Gasteiger partial charge in [-0.15, -0.1) is 0 Å². The second-order valence-corrected chi connectivity index (χ2v) is 2.70. The summed E-state index contributed by atoms with van der Waals surface area (Å²) in [6.07, 6.45) is 3.24. The summed E-state index contributed by atoms with van der Waals surface area (Å²) in [5, 5.41) is 16.6. The number of nitrogens with zero attached hydrogens (tertiary/aromatic N) is 2. The zero-order chi connectivity index (χ0) is 9.97. The molecule has 0 fully saturated rings.